The van der Waals surface area contributed by atoms with Crippen molar-refractivity contribution in [2.45, 2.75) is 219 Å². The molecule has 0 aromatic heterocycles. The van der Waals surface area contributed by atoms with E-state index >= 15 is 0 Å². The number of carbonyl (C=O) groups is 2. The Morgan fingerprint density at radius 2 is 1.00 bits per heavy atom. The third-order valence-corrected chi connectivity index (χ3v) is 10.3. The van der Waals surface area contributed by atoms with E-state index in [-0.39, 0.29) is 24.9 Å². The normalized spacial score (nSPS) is 14.2. The summed E-state index contributed by atoms with van der Waals surface area (Å²) in [6, 6.07) is -0.748. The van der Waals surface area contributed by atoms with Gasteiger partial charge in [-0.15, -0.1) is 0 Å². The molecule has 0 aromatic rings. The van der Waals surface area contributed by atoms with Crippen molar-refractivity contribution in [1.29, 1.82) is 0 Å². The average Bonchev–Trinajstić information content (AvgIpc) is 3.23. The fraction of sp³-hybridized carbons (Fsp3) is 0.660. The lowest BCUT2D eigenvalue weighted by Gasteiger charge is -2.24. The van der Waals surface area contributed by atoms with Gasteiger partial charge in [0, 0.05) is 12.8 Å². The van der Waals surface area contributed by atoms with Crippen LogP contribution in [-0.2, 0) is 14.3 Å². The third kappa shape index (κ3) is 41.3. The fourth-order valence-electron chi connectivity index (χ4n) is 6.63. The Hall–Kier alpha value is -3.22. The van der Waals surface area contributed by atoms with Crippen LogP contribution in [0.2, 0.25) is 0 Å². The summed E-state index contributed by atoms with van der Waals surface area (Å²) in [7, 11) is 0. The number of aliphatic hydroxyl groups is 2. The number of hydrogen-bond acceptors (Lipinski definition) is 5. The first-order valence-corrected chi connectivity index (χ1v) is 24.0. The number of rotatable bonds is 41. The number of carbonyl (C=O) groups excluding carboxylic acids is 2. The summed E-state index contributed by atoms with van der Waals surface area (Å²) in [4.78, 5) is 26.0. The number of aliphatic hydroxyl groups excluding tert-OH is 2. The lowest BCUT2D eigenvalue weighted by molar-refractivity contribution is -0.150. The molecule has 0 saturated carbocycles. The van der Waals surface area contributed by atoms with Gasteiger partial charge in [-0.3, -0.25) is 9.59 Å². The van der Waals surface area contributed by atoms with Crippen molar-refractivity contribution >= 4 is 11.9 Å². The Bertz CT molecular complexity index is 1190. The van der Waals surface area contributed by atoms with Crippen molar-refractivity contribution in [1.82, 2.24) is 5.32 Å². The van der Waals surface area contributed by atoms with E-state index in [1.807, 2.05) is 54.7 Å². The van der Waals surface area contributed by atoms with Gasteiger partial charge in [0.2, 0.25) is 5.91 Å². The highest BCUT2D eigenvalue weighted by Crippen LogP contribution is 2.15. The first-order valence-electron chi connectivity index (χ1n) is 24.0. The molecule has 6 nitrogen and oxygen atoms in total. The predicted octanol–water partition coefficient (Wildman–Crippen LogP) is 14.2. The van der Waals surface area contributed by atoms with Crippen LogP contribution in [0.3, 0.4) is 0 Å². The van der Waals surface area contributed by atoms with Crippen LogP contribution < -0.4 is 5.32 Å². The summed E-state index contributed by atoms with van der Waals surface area (Å²) in [6.07, 6.45) is 60.6. The number of amides is 1. The molecular weight excluding hydrogens is 731 g/mol. The summed E-state index contributed by atoms with van der Waals surface area (Å²) in [5.74, 6) is -0.642. The molecule has 0 spiro atoms. The van der Waals surface area contributed by atoms with Gasteiger partial charge < -0.3 is 20.3 Å². The van der Waals surface area contributed by atoms with Gasteiger partial charge in [0.25, 0.3) is 0 Å². The molecule has 6 heteroatoms. The van der Waals surface area contributed by atoms with Crippen molar-refractivity contribution in [3.05, 3.63) is 97.2 Å². The zero-order valence-corrected chi connectivity index (χ0v) is 38.1. The van der Waals surface area contributed by atoms with Crippen LogP contribution in [0.15, 0.2) is 97.2 Å². The molecule has 1 amide bonds. The van der Waals surface area contributed by atoms with Gasteiger partial charge in [0.05, 0.1) is 25.2 Å². The Labute approximate surface area is 363 Å². The highest BCUT2D eigenvalue weighted by atomic mass is 16.5. The Morgan fingerprint density at radius 3 is 1.56 bits per heavy atom. The number of unbranched alkanes of at least 4 members (excludes halogenated alkanes) is 18. The van der Waals surface area contributed by atoms with E-state index in [2.05, 4.69) is 68.6 Å². The van der Waals surface area contributed by atoms with Crippen LogP contribution in [0.1, 0.15) is 201 Å². The molecule has 0 aromatic carbocycles. The molecule has 0 heterocycles. The number of ether oxygens (including phenoxy) is 1. The van der Waals surface area contributed by atoms with E-state index < -0.39 is 18.2 Å². The summed E-state index contributed by atoms with van der Waals surface area (Å²) >= 11 is 0. The molecule has 59 heavy (non-hydrogen) atoms. The molecule has 0 rings (SSSR count). The van der Waals surface area contributed by atoms with Gasteiger partial charge in [-0.05, 0) is 57.8 Å². The van der Waals surface area contributed by atoms with Crippen LogP contribution in [0.25, 0.3) is 0 Å². The van der Waals surface area contributed by atoms with Gasteiger partial charge >= 0.3 is 5.97 Å². The number of esters is 1. The lowest BCUT2D eigenvalue weighted by atomic mass is 10.0. The maximum Gasteiger partial charge on any atom is 0.306 e. The third-order valence-electron chi connectivity index (χ3n) is 10.3. The highest BCUT2D eigenvalue weighted by molar-refractivity contribution is 5.77. The molecule has 3 unspecified atom stereocenters. The van der Waals surface area contributed by atoms with Gasteiger partial charge in [0.15, 0.2) is 0 Å². The molecule has 0 aliphatic heterocycles. The maximum absolute atomic E-state index is 13.1. The second-order valence-electron chi connectivity index (χ2n) is 15.9. The van der Waals surface area contributed by atoms with Gasteiger partial charge in [-0.1, -0.05) is 221 Å². The van der Waals surface area contributed by atoms with E-state index in [1.165, 1.54) is 83.5 Å². The van der Waals surface area contributed by atoms with E-state index in [1.54, 1.807) is 0 Å². The standard InChI is InChI=1S/C53H89NO5/c1-4-7-10-13-16-19-22-24-25-26-27-28-31-34-37-40-43-46-53(58)59-49(44-41-38-35-32-29-21-18-15-12-9-6-3)47-52(57)54-50(48-55)51(56)45-42-39-36-33-30-23-20-17-14-11-8-5-2/h9,12,15-16,18-19,21,24-25,27-29,32,35,38,41,49-51,55-56H,4-8,10-11,13-14,17,20,22-23,26,30-31,33-34,36-37,39-40,42-48H2,1-3H3,(H,54,57)/b12-9+,18-15+,19-16-,25-24-,28-27-,29-21-,35-32-,41-38+. The SMILES string of the molecule is CC/C=C/C=C/C=C\C=C/C=C/CC(CC(=O)NC(CO)C(O)CCCCCCCCCCCCCC)OC(=O)CCCCCC/C=C\C/C=C\C/C=C\CCCCC. The summed E-state index contributed by atoms with van der Waals surface area (Å²) < 4.78 is 5.81. The maximum atomic E-state index is 13.1. The summed E-state index contributed by atoms with van der Waals surface area (Å²) in [5, 5.41) is 23.6. The van der Waals surface area contributed by atoms with E-state index in [0.29, 0.717) is 19.3 Å². The van der Waals surface area contributed by atoms with Gasteiger partial charge in [-0.25, -0.2) is 0 Å². The molecule has 0 saturated heterocycles. The Balaban J connectivity index is 4.73. The molecule has 0 radical (unpaired) electrons. The molecule has 0 bridgehead atoms. The van der Waals surface area contributed by atoms with Crippen molar-refractivity contribution in [3.8, 4) is 0 Å². The molecule has 3 atom stereocenters. The van der Waals surface area contributed by atoms with Crippen molar-refractivity contribution in [3.63, 3.8) is 0 Å². The monoisotopic (exact) mass is 820 g/mol. The highest BCUT2D eigenvalue weighted by Gasteiger charge is 2.23. The number of allylic oxidation sites excluding steroid dienone is 15. The minimum Gasteiger partial charge on any atom is -0.461 e. The van der Waals surface area contributed by atoms with E-state index in [0.717, 1.165) is 70.6 Å². The number of nitrogens with one attached hydrogen (secondary N) is 1. The number of hydrogen-bond donors (Lipinski definition) is 3. The minimum absolute atomic E-state index is 0.0329. The largest absolute Gasteiger partial charge is 0.461 e. The van der Waals surface area contributed by atoms with Crippen LogP contribution >= 0.6 is 0 Å². The molecule has 336 valence electrons. The Kier molecular flexibility index (Phi) is 43.4. The zero-order valence-electron chi connectivity index (χ0n) is 38.1. The van der Waals surface area contributed by atoms with Gasteiger partial charge in [-0.2, -0.15) is 0 Å². The average molecular weight is 820 g/mol. The molecular formula is C53H89NO5. The second-order valence-corrected chi connectivity index (χ2v) is 15.9. The summed E-state index contributed by atoms with van der Waals surface area (Å²) in [6.45, 7) is 6.24. The van der Waals surface area contributed by atoms with Gasteiger partial charge in [0.1, 0.15) is 6.10 Å². The molecule has 3 N–H and O–H groups in total. The van der Waals surface area contributed by atoms with E-state index in [9.17, 15) is 19.8 Å². The molecule has 0 fully saturated rings. The fourth-order valence-corrected chi connectivity index (χ4v) is 6.63. The molecule has 0 aliphatic rings. The quantitative estimate of drug-likeness (QED) is 0.0247. The van der Waals surface area contributed by atoms with Crippen LogP contribution in [0, 0.1) is 0 Å². The minimum atomic E-state index is -0.826. The van der Waals surface area contributed by atoms with E-state index in [4.69, 9.17) is 4.74 Å². The first-order chi connectivity index (χ1) is 29.0. The van der Waals surface area contributed by atoms with Crippen LogP contribution in [0.4, 0.5) is 0 Å². The van der Waals surface area contributed by atoms with Crippen LogP contribution in [-0.4, -0.2) is 46.9 Å². The smallest absolute Gasteiger partial charge is 0.306 e. The first kappa shape index (κ1) is 55.8. The second kappa shape index (κ2) is 45.9. The zero-order chi connectivity index (χ0) is 43.1. The van der Waals surface area contributed by atoms with Crippen molar-refractivity contribution in [2.75, 3.05) is 6.61 Å². The van der Waals surface area contributed by atoms with Crippen molar-refractivity contribution in [2.24, 2.45) is 0 Å². The van der Waals surface area contributed by atoms with Crippen LogP contribution in [0.5, 0.6) is 0 Å². The predicted molar refractivity (Wildman–Crippen MR) is 254 cm³/mol. The summed E-state index contributed by atoms with van der Waals surface area (Å²) in [5.41, 5.74) is 0. The Morgan fingerprint density at radius 1 is 0.542 bits per heavy atom. The molecule has 0 aliphatic carbocycles. The lowest BCUT2D eigenvalue weighted by Crippen LogP contribution is -2.46. The topological polar surface area (TPSA) is 95.9 Å². The van der Waals surface area contributed by atoms with Crippen molar-refractivity contribution < 1.29 is 24.5 Å².